The van der Waals surface area contributed by atoms with Crippen LogP contribution in [0.1, 0.15) is 34.7 Å². The molecule has 0 bridgehead atoms. The van der Waals surface area contributed by atoms with Gasteiger partial charge in [-0.15, -0.1) is 0 Å². The molecule has 1 N–H and O–H groups in total. The molecule has 166 valence electrons. The van der Waals surface area contributed by atoms with E-state index in [0.29, 0.717) is 11.7 Å². The summed E-state index contributed by atoms with van der Waals surface area (Å²) >= 11 is 5.85. The van der Waals surface area contributed by atoms with E-state index in [2.05, 4.69) is 62.0 Å². The second-order valence-electron chi connectivity index (χ2n) is 8.05. The maximum atomic E-state index is 5.85. The summed E-state index contributed by atoms with van der Waals surface area (Å²) in [5, 5.41) is 4.25. The van der Waals surface area contributed by atoms with Gasteiger partial charge in [0.1, 0.15) is 5.75 Å². The van der Waals surface area contributed by atoms with Crippen LogP contribution in [-0.4, -0.2) is 31.7 Å². The van der Waals surface area contributed by atoms with Gasteiger partial charge in [-0.1, -0.05) is 18.2 Å². The van der Waals surface area contributed by atoms with Crippen LogP contribution in [0, 0.1) is 6.92 Å². The van der Waals surface area contributed by atoms with E-state index in [1.165, 1.54) is 0 Å². The van der Waals surface area contributed by atoms with E-state index in [-0.39, 0.29) is 12.1 Å². The minimum atomic E-state index is -0.0818. The minimum Gasteiger partial charge on any atom is -0.497 e. The first-order valence-electron chi connectivity index (χ1n) is 10.9. The van der Waals surface area contributed by atoms with Gasteiger partial charge in [0.05, 0.1) is 36.8 Å². The lowest BCUT2D eigenvalue weighted by atomic mass is 10.0. The Morgan fingerprint density at radius 1 is 1.00 bits per heavy atom. The summed E-state index contributed by atoms with van der Waals surface area (Å²) in [5.41, 5.74) is 5.41. The summed E-state index contributed by atoms with van der Waals surface area (Å²) in [6, 6.07) is 22.4. The third-order valence-corrected chi connectivity index (χ3v) is 6.38. The van der Waals surface area contributed by atoms with Gasteiger partial charge < -0.3 is 19.5 Å². The van der Waals surface area contributed by atoms with Gasteiger partial charge in [-0.2, -0.15) is 0 Å². The average Bonchev–Trinajstić information content (AvgIpc) is 3.40. The molecule has 0 aliphatic carbocycles. The number of rotatable bonds is 6. The van der Waals surface area contributed by atoms with E-state index in [4.69, 9.17) is 17.0 Å². The average molecular weight is 456 g/mol. The first-order valence-corrected chi connectivity index (χ1v) is 11.3. The van der Waals surface area contributed by atoms with Crippen LogP contribution < -0.4 is 10.1 Å². The van der Waals surface area contributed by atoms with Crippen molar-refractivity contribution in [2.75, 3.05) is 7.11 Å². The van der Waals surface area contributed by atoms with Gasteiger partial charge in [0, 0.05) is 30.3 Å². The summed E-state index contributed by atoms with van der Waals surface area (Å²) in [6.45, 7) is 2.78. The summed E-state index contributed by atoms with van der Waals surface area (Å²) in [6.07, 6.45) is 5.51. The molecular formula is C26H25N5OS. The van der Waals surface area contributed by atoms with Crippen LogP contribution in [-0.2, 0) is 6.54 Å². The summed E-state index contributed by atoms with van der Waals surface area (Å²) in [4.78, 5) is 11.3. The number of aryl methyl sites for hydroxylation is 1. The smallest absolute Gasteiger partial charge is 0.170 e. The van der Waals surface area contributed by atoms with Crippen molar-refractivity contribution in [2.45, 2.75) is 25.6 Å². The van der Waals surface area contributed by atoms with E-state index >= 15 is 0 Å². The molecule has 0 amide bonds. The number of thiocarbonyl (C=S) groups is 1. The van der Waals surface area contributed by atoms with Crippen molar-refractivity contribution in [1.82, 2.24) is 24.8 Å². The van der Waals surface area contributed by atoms with E-state index in [9.17, 15) is 0 Å². The number of hydrogen-bond acceptors (Lipinski definition) is 4. The maximum absolute atomic E-state index is 5.85. The van der Waals surface area contributed by atoms with E-state index in [0.717, 1.165) is 34.1 Å². The molecule has 4 heterocycles. The van der Waals surface area contributed by atoms with Gasteiger partial charge in [-0.25, -0.2) is 0 Å². The molecule has 5 rings (SSSR count). The Morgan fingerprint density at radius 2 is 1.85 bits per heavy atom. The quantitative estimate of drug-likeness (QED) is 0.423. The van der Waals surface area contributed by atoms with Crippen LogP contribution in [0.2, 0.25) is 0 Å². The number of benzene rings is 1. The Balaban J connectivity index is 1.60. The van der Waals surface area contributed by atoms with Crippen molar-refractivity contribution in [3.63, 3.8) is 0 Å². The Kier molecular flexibility index (Phi) is 5.79. The predicted molar refractivity (Wildman–Crippen MR) is 132 cm³/mol. The van der Waals surface area contributed by atoms with Crippen LogP contribution >= 0.6 is 12.2 Å². The lowest BCUT2D eigenvalue weighted by Crippen LogP contribution is -2.30. The first-order chi connectivity index (χ1) is 16.2. The number of hydrogen-bond donors (Lipinski definition) is 1. The van der Waals surface area contributed by atoms with Gasteiger partial charge in [0.2, 0.25) is 0 Å². The summed E-state index contributed by atoms with van der Waals surface area (Å²) < 4.78 is 7.58. The molecule has 1 fully saturated rings. The monoisotopic (exact) mass is 455 g/mol. The number of methoxy groups -OCH3 is 1. The highest BCUT2D eigenvalue weighted by Gasteiger charge is 2.41. The third kappa shape index (κ3) is 4.07. The standard InChI is InChI=1S/C26H25N5OS/c1-18-8-13-23(31(18)20-6-5-14-27-16-20)25-24(22-7-3-4-15-28-22)29-26(33)30(25)17-19-9-11-21(32-2)12-10-19/h3-16,24-25H,17H2,1-2H3,(H,29,33)/t24-,25-/m1/s1. The van der Waals surface area contributed by atoms with Gasteiger partial charge in [0.25, 0.3) is 0 Å². The molecule has 1 aliphatic rings. The number of ether oxygens (including phenoxy) is 1. The van der Waals surface area contributed by atoms with Gasteiger partial charge >= 0.3 is 0 Å². The fourth-order valence-corrected chi connectivity index (χ4v) is 4.76. The molecule has 1 saturated heterocycles. The molecule has 0 unspecified atom stereocenters. The van der Waals surface area contributed by atoms with Crippen LogP contribution in [0.5, 0.6) is 5.75 Å². The summed E-state index contributed by atoms with van der Waals surface area (Å²) in [7, 11) is 1.68. The lowest BCUT2D eigenvalue weighted by molar-refractivity contribution is 0.302. The van der Waals surface area contributed by atoms with E-state index < -0.39 is 0 Å². The molecule has 0 radical (unpaired) electrons. The minimum absolute atomic E-state index is 0.0524. The fourth-order valence-electron chi connectivity index (χ4n) is 4.45. The Labute approximate surface area is 198 Å². The summed E-state index contributed by atoms with van der Waals surface area (Å²) in [5.74, 6) is 0.838. The van der Waals surface area contributed by atoms with Crippen LogP contribution in [0.25, 0.3) is 5.69 Å². The SMILES string of the molecule is COc1ccc(CN2C(=S)N[C@H](c3ccccn3)[C@H]2c2ccc(C)n2-c2cccnc2)cc1. The molecule has 33 heavy (non-hydrogen) atoms. The molecule has 2 atom stereocenters. The highest BCUT2D eigenvalue weighted by molar-refractivity contribution is 7.80. The molecular weight excluding hydrogens is 430 g/mol. The van der Waals surface area contributed by atoms with Crippen molar-refractivity contribution >= 4 is 17.3 Å². The van der Waals surface area contributed by atoms with Gasteiger partial charge in [-0.3, -0.25) is 9.97 Å². The van der Waals surface area contributed by atoms with Crippen molar-refractivity contribution in [2.24, 2.45) is 0 Å². The van der Waals surface area contributed by atoms with Crippen molar-refractivity contribution in [3.8, 4) is 11.4 Å². The molecule has 0 spiro atoms. The Hall–Kier alpha value is -3.71. The second kappa shape index (κ2) is 9.03. The largest absolute Gasteiger partial charge is 0.497 e. The van der Waals surface area contributed by atoms with E-state index in [1.807, 2.05) is 48.8 Å². The maximum Gasteiger partial charge on any atom is 0.170 e. The topological polar surface area (TPSA) is 55.2 Å². The third-order valence-electron chi connectivity index (χ3n) is 6.02. The van der Waals surface area contributed by atoms with Crippen molar-refractivity contribution in [3.05, 3.63) is 108 Å². The molecule has 3 aromatic heterocycles. The highest BCUT2D eigenvalue weighted by Crippen LogP contribution is 2.41. The van der Waals surface area contributed by atoms with Gasteiger partial charge in [0.15, 0.2) is 5.11 Å². The van der Waals surface area contributed by atoms with E-state index in [1.54, 1.807) is 13.3 Å². The zero-order valence-corrected chi connectivity index (χ0v) is 19.4. The van der Waals surface area contributed by atoms with Gasteiger partial charge in [-0.05, 0) is 73.2 Å². The number of aromatic nitrogens is 3. The number of pyridine rings is 2. The predicted octanol–water partition coefficient (Wildman–Crippen LogP) is 4.76. The van der Waals surface area contributed by atoms with Crippen molar-refractivity contribution < 1.29 is 4.74 Å². The first kappa shape index (κ1) is 21.2. The van der Waals surface area contributed by atoms with Crippen LogP contribution in [0.4, 0.5) is 0 Å². The Morgan fingerprint density at radius 3 is 2.55 bits per heavy atom. The molecule has 7 heteroatoms. The number of nitrogens with zero attached hydrogens (tertiary/aromatic N) is 4. The molecule has 1 aliphatic heterocycles. The zero-order chi connectivity index (χ0) is 22.8. The highest BCUT2D eigenvalue weighted by atomic mass is 32.1. The number of nitrogens with one attached hydrogen (secondary N) is 1. The van der Waals surface area contributed by atoms with Crippen LogP contribution in [0.15, 0.2) is 85.3 Å². The molecule has 6 nitrogen and oxygen atoms in total. The Bertz CT molecular complexity index is 1240. The normalized spacial score (nSPS) is 17.8. The van der Waals surface area contributed by atoms with Crippen LogP contribution in [0.3, 0.4) is 0 Å². The second-order valence-corrected chi connectivity index (χ2v) is 8.44. The molecule has 1 aromatic carbocycles. The van der Waals surface area contributed by atoms with Crippen molar-refractivity contribution in [1.29, 1.82) is 0 Å². The lowest BCUT2D eigenvalue weighted by Gasteiger charge is -2.29. The molecule has 4 aromatic rings. The fraction of sp³-hybridized carbons (Fsp3) is 0.192. The zero-order valence-electron chi connectivity index (χ0n) is 18.6. The molecule has 0 saturated carbocycles.